The van der Waals surface area contributed by atoms with Gasteiger partial charge in [-0.05, 0) is 46.5 Å². The highest BCUT2D eigenvalue weighted by molar-refractivity contribution is 5.84. The van der Waals surface area contributed by atoms with Crippen LogP contribution in [0.3, 0.4) is 0 Å². The van der Waals surface area contributed by atoms with E-state index in [1.165, 1.54) is 12.0 Å². The molecule has 0 aromatic heterocycles. The van der Waals surface area contributed by atoms with Crippen molar-refractivity contribution in [3.05, 3.63) is 0 Å². The molecule has 1 heterocycles. The third kappa shape index (κ3) is 3.45. The minimum atomic E-state index is -1.25. The highest BCUT2D eigenvalue weighted by Crippen LogP contribution is 2.52. The maximum atomic E-state index is 12.4. The molecule has 1 saturated carbocycles. The van der Waals surface area contributed by atoms with Crippen LogP contribution in [0.2, 0.25) is 0 Å². The van der Waals surface area contributed by atoms with Gasteiger partial charge in [0.1, 0.15) is 5.60 Å². The number of nitrogens with one attached hydrogen (secondary N) is 1. The summed E-state index contributed by atoms with van der Waals surface area (Å²) in [6.45, 7) is 6.06. The molecule has 0 radical (unpaired) electrons. The number of amides is 2. The molecule has 7 heteroatoms. The zero-order chi connectivity index (χ0) is 17.3. The molecule has 1 aliphatic heterocycles. The maximum absolute atomic E-state index is 12.4. The average Bonchev–Trinajstić information content (AvgIpc) is 2.35. The molecule has 23 heavy (non-hydrogen) atoms. The number of ether oxygens (including phenoxy) is 1. The number of piperidine rings is 1. The van der Waals surface area contributed by atoms with Crippen LogP contribution in [0.25, 0.3) is 0 Å². The summed E-state index contributed by atoms with van der Waals surface area (Å²) in [5, 5.41) is 11.2. The first-order valence-electron chi connectivity index (χ1n) is 8.17. The maximum Gasteiger partial charge on any atom is 0.410 e. The molecule has 2 rings (SSSR count). The summed E-state index contributed by atoms with van der Waals surface area (Å²) in [6.07, 6.45) is 2.76. The third-order valence-corrected chi connectivity index (χ3v) is 4.85. The number of carbonyl (C=O) groups excluding carboxylic acids is 2. The normalized spacial score (nSPS) is 27.1. The van der Waals surface area contributed by atoms with Gasteiger partial charge in [0.15, 0.2) is 0 Å². The third-order valence-electron chi connectivity index (χ3n) is 4.85. The van der Waals surface area contributed by atoms with Gasteiger partial charge < -0.3 is 14.7 Å². The first-order chi connectivity index (χ1) is 10.6. The monoisotopic (exact) mass is 328 g/mol. The molecule has 2 aliphatic rings. The van der Waals surface area contributed by atoms with Gasteiger partial charge in [-0.15, -0.1) is 0 Å². The Morgan fingerprint density at radius 3 is 2.30 bits per heavy atom. The number of hydrogen-bond donors (Lipinski definition) is 2. The predicted octanol–water partition coefficient (Wildman–Crippen LogP) is 1.60. The Hall–Kier alpha value is -1.34. The molecule has 2 amide bonds. The Labute approximate surface area is 137 Å². The van der Waals surface area contributed by atoms with Crippen LogP contribution in [0.15, 0.2) is 0 Å². The van der Waals surface area contributed by atoms with E-state index in [2.05, 4.69) is 5.48 Å². The Morgan fingerprint density at radius 1 is 1.17 bits per heavy atom. The Kier molecular flexibility index (Phi) is 4.92. The van der Waals surface area contributed by atoms with Crippen LogP contribution >= 0.6 is 0 Å². The van der Waals surface area contributed by atoms with Crippen LogP contribution in [0, 0.1) is 5.41 Å². The van der Waals surface area contributed by atoms with Crippen LogP contribution in [0.4, 0.5) is 4.79 Å². The molecule has 1 unspecified atom stereocenters. The minimum absolute atomic E-state index is 0.110. The van der Waals surface area contributed by atoms with Crippen molar-refractivity contribution in [1.82, 2.24) is 10.4 Å². The minimum Gasteiger partial charge on any atom is -0.444 e. The SMILES string of the molecule is CONC(=O)C1(C2(O)CCCN(C(=O)OC(C)(C)C)C2)CCC1. The van der Waals surface area contributed by atoms with Crippen molar-refractivity contribution < 1.29 is 24.3 Å². The standard InChI is InChI=1S/C16H28N2O5/c1-14(2,3)23-13(20)18-10-6-9-16(21,11-18)15(7-5-8-15)12(19)17-22-4/h21H,5-11H2,1-4H3,(H,17,19). The summed E-state index contributed by atoms with van der Waals surface area (Å²) in [4.78, 5) is 31.0. The lowest BCUT2D eigenvalue weighted by Crippen LogP contribution is -2.66. The zero-order valence-corrected chi connectivity index (χ0v) is 14.5. The summed E-state index contributed by atoms with van der Waals surface area (Å²) in [5.41, 5.74) is -0.362. The predicted molar refractivity (Wildman–Crippen MR) is 83.4 cm³/mol. The van der Waals surface area contributed by atoms with Crippen molar-refractivity contribution in [2.75, 3.05) is 20.2 Å². The second-order valence-electron chi connectivity index (χ2n) is 7.61. The molecule has 0 aromatic carbocycles. The smallest absolute Gasteiger partial charge is 0.410 e. The van der Waals surface area contributed by atoms with E-state index in [0.29, 0.717) is 32.2 Å². The number of likely N-dealkylation sites (tertiary alicyclic amines) is 1. The summed E-state index contributed by atoms with van der Waals surface area (Å²) < 4.78 is 5.39. The molecular formula is C16H28N2O5. The van der Waals surface area contributed by atoms with Crippen LogP contribution < -0.4 is 5.48 Å². The van der Waals surface area contributed by atoms with E-state index in [9.17, 15) is 14.7 Å². The molecule has 2 fully saturated rings. The number of hydroxylamine groups is 1. The number of carbonyl (C=O) groups is 2. The van der Waals surface area contributed by atoms with Crippen molar-refractivity contribution in [2.24, 2.45) is 5.41 Å². The molecule has 1 atom stereocenters. The quantitative estimate of drug-likeness (QED) is 0.768. The van der Waals surface area contributed by atoms with E-state index in [0.717, 1.165) is 6.42 Å². The van der Waals surface area contributed by atoms with Crippen LogP contribution in [-0.2, 0) is 14.4 Å². The molecule has 7 nitrogen and oxygen atoms in total. The van der Waals surface area contributed by atoms with Gasteiger partial charge in [0.2, 0.25) is 0 Å². The van der Waals surface area contributed by atoms with Gasteiger partial charge >= 0.3 is 6.09 Å². The Morgan fingerprint density at radius 2 is 1.83 bits per heavy atom. The van der Waals surface area contributed by atoms with E-state index < -0.39 is 22.7 Å². The number of aliphatic hydroxyl groups is 1. The molecule has 0 aromatic rings. The largest absolute Gasteiger partial charge is 0.444 e. The van der Waals surface area contributed by atoms with Crippen LogP contribution in [0.5, 0.6) is 0 Å². The van der Waals surface area contributed by atoms with Gasteiger partial charge in [0.25, 0.3) is 5.91 Å². The van der Waals surface area contributed by atoms with Gasteiger partial charge in [0.05, 0.1) is 24.7 Å². The molecule has 0 bridgehead atoms. The lowest BCUT2D eigenvalue weighted by atomic mass is 9.56. The van der Waals surface area contributed by atoms with E-state index in [-0.39, 0.29) is 12.5 Å². The fraction of sp³-hybridized carbons (Fsp3) is 0.875. The topological polar surface area (TPSA) is 88.1 Å². The Balaban J connectivity index is 2.14. The number of nitrogens with zero attached hydrogens (tertiary/aromatic N) is 1. The Bertz CT molecular complexity index is 470. The second kappa shape index (κ2) is 6.28. The molecule has 1 aliphatic carbocycles. The summed E-state index contributed by atoms with van der Waals surface area (Å²) in [7, 11) is 1.38. The lowest BCUT2D eigenvalue weighted by Gasteiger charge is -2.54. The molecule has 132 valence electrons. The van der Waals surface area contributed by atoms with Crippen molar-refractivity contribution in [2.45, 2.75) is 64.1 Å². The van der Waals surface area contributed by atoms with Gasteiger partial charge in [-0.2, -0.15) is 0 Å². The number of rotatable bonds is 3. The van der Waals surface area contributed by atoms with Gasteiger partial charge in [0, 0.05) is 6.54 Å². The van der Waals surface area contributed by atoms with E-state index in [4.69, 9.17) is 9.57 Å². The van der Waals surface area contributed by atoms with Gasteiger partial charge in [-0.1, -0.05) is 6.42 Å². The fourth-order valence-electron chi connectivity index (χ4n) is 3.53. The van der Waals surface area contributed by atoms with E-state index in [1.54, 1.807) is 20.8 Å². The van der Waals surface area contributed by atoms with Crippen molar-refractivity contribution in [1.29, 1.82) is 0 Å². The molecule has 1 saturated heterocycles. The summed E-state index contributed by atoms with van der Waals surface area (Å²) in [5.74, 6) is -0.306. The zero-order valence-electron chi connectivity index (χ0n) is 14.5. The molecule has 0 spiro atoms. The first-order valence-corrected chi connectivity index (χ1v) is 8.17. The first kappa shape index (κ1) is 18.0. The molecule has 2 N–H and O–H groups in total. The average molecular weight is 328 g/mol. The van der Waals surface area contributed by atoms with Gasteiger partial charge in [-0.3, -0.25) is 9.63 Å². The second-order valence-corrected chi connectivity index (χ2v) is 7.61. The van der Waals surface area contributed by atoms with Crippen molar-refractivity contribution in [3.63, 3.8) is 0 Å². The highest BCUT2D eigenvalue weighted by Gasteiger charge is 2.60. The van der Waals surface area contributed by atoms with Crippen molar-refractivity contribution in [3.8, 4) is 0 Å². The van der Waals surface area contributed by atoms with E-state index in [1.807, 2.05) is 0 Å². The number of hydrogen-bond acceptors (Lipinski definition) is 5. The number of β-amino-alcohol motifs (C(OH)–C–C–N with tert-alkyl or cyclic N) is 1. The van der Waals surface area contributed by atoms with Crippen LogP contribution in [-0.4, -0.2) is 53.4 Å². The van der Waals surface area contributed by atoms with Gasteiger partial charge in [-0.25, -0.2) is 10.3 Å². The van der Waals surface area contributed by atoms with E-state index >= 15 is 0 Å². The summed E-state index contributed by atoms with van der Waals surface area (Å²) >= 11 is 0. The summed E-state index contributed by atoms with van der Waals surface area (Å²) in [6, 6.07) is 0. The van der Waals surface area contributed by atoms with Crippen LogP contribution in [0.1, 0.15) is 52.9 Å². The lowest BCUT2D eigenvalue weighted by molar-refractivity contribution is -0.187. The molecular weight excluding hydrogens is 300 g/mol. The fourth-order valence-corrected chi connectivity index (χ4v) is 3.53. The highest BCUT2D eigenvalue weighted by atomic mass is 16.6. The van der Waals surface area contributed by atoms with Crippen molar-refractivity contribution >= 4 is 12.0 Å².